The van der Waals surface area contributed by atoms with Gasteiger partial charge in [-0.2, -0.15) is 0 Å². The molecule has 0 spiro atoms. The van der Waals surface area contributed by atoms with Gasteiger partial charge in [0.1, 0.15) is 5.75 Å². The minimum absolute atomic E-state index is 0.0868. The first-order valence-electron chi connectivity index (χ1n) is 10.8. The van der Waals surface area contributed by atoms with Gasteiger partial charge in [0.05, 0.1) is 18.2 Å². The van der Waals surface area contributed by atoms with Crippen molar-refractivity contribution in [2.75, 3.05) is 11.9 Å². The summed E-state index contributed by atoms with van der Waals surface area (Å²) in [6.45, 7) is 21.4. The molecule has 2 rings (SSSR count). The van der Waals surface area contributed by atoms with E-state index in [1.165, 1.54) is 5.56 Å². The van der Waals surface area contributed by atoms with E-state index in [1.54, 1.807) is 6.92 Å². The lowest BCUT2D eigenvalue weighted by Gasteiger charge is -2.37. The average Bonchev–Trinajstić information content (AvgIpc) is 2.68. The first-order valence-corrected chi connectivity index (χ1v) is 13.7. The van der Waals surface area contributed by atoms with Crippen LogP contribution < -0.4 is 9.74 Å². The summed E-state index contributed by atoms with van der Waals surface area (Å²) in [5.41, 5.74) is 4.44. The van der Waals surface area contributed by atoms with E-state index in [4.69, 9.17) is 9.16 Å². The molecule has 2 aromatic rings. The molecule has 0 aliphatic carbocycles. The third-order valence-corrected chi connectivity index (χ3v) is 10.3. The highest BCUT2D eigenvalue weighted by atomic mass is 28.4. The van der Waals surface area contributed by atoms with Crippen LogP contribution in [0.25, 0.3) is 0 Å². The zero-order valence-corrected chi connectivity index (χ0v) is 21.3. The molecular weight excluding hydrogens is 402 g/mol. The quantitative estimate of drug-likeness (QED) is 0.274. The van der Waals surface area contributed by atoms with Crippen LogP contribution in [0.3, 0.4) is 0 Å². The minimum atomic E-state index is -2.01. The first kappa shape index (κ1) is 24.7. The van der Waals surface area contributed by atoms with Crippen molar-refractivity contribution in [1.82, 2.24) is 0 Å². The van der Waals surface area contributed by atoms with Crippen LogP contribution in [0.15, 0.2) is 54.6 Å². The maximum atomic E-state index is 12.5. The van der Waals surface area contributed by atoms with Gasteiger partial charge in [0.25, 0.3) is 0 Å². The number of hydrogen-bond donors (Lipinski definition) is 1. The fourth-order valence-electron chi connectivity index (χ4n) is 2.86. The molecule has 0 aliphatic heterocycles. The summed E-state index contributed by atoms with van der Waals surface area (Å²) in [5, 5.41) is 3.54. The van der Waals surface area contributed by atoms with Crippen molar-refractivity contribution < 1.29 is 14.0 Å². The van der Waals surface area contributed by atoms with Crippen LogP contribution in [-0.4, -0.2) is 20.9 Å². The van der Waals surface area contributed by atoms with Crippen molar-refractivity contribution in [3.8, 4) is 5.75 Å². The maximum Gasteiger partial charge on any atom is 0.335 e. The summed E-state index contributed by atoms with van der Waals surface area (Å²) in [5.74, 6) is 0.455. The summed E-state index contributed by atoms with van der Waals surface area (Å²) < 4.78 is 11.8. The molecule has 0 aliphatic rings. The normalized spacial score (nSPS) is 12.8. The van der Waals surface area contributed by atoms with Gasteiger partial charge in [0, 0.05) is 5.69 Å². The van der Waals surface area contributed by atoms with Gasteiger partial charge in [-0.15, -0.1) is 0 Å². The first-order chi connectivity index (χ1) is 14.4. The molecule has 0 aromatic heterocycles. The standard InChI is InChI=1S/C26H37NO3Si/c1-10-29-25(28)20(4)24(27-22-15-11-18(2)12-16-22)21-14-13-19(3)23(17-21)30-31(8,9)26(5,6)7/h11-17,24,27H,4,10H2,1-3,5-9H3/t24-/m1/s1. The van der Waals surface area contributed by atoms with Gasteiger partial charge in [-0.05, 0) is 68.2 Å². The van der Waals surface area contributed by atoms with Crippen LogP contribution in [-0.2, 0) is 9.53 Å². The van der Waals surface area contributed by atoms with E-state index in [2.05, 4.69) is 52.7 Å². The molecule has 4 nitrogen and oxygen atoms in total. The number of nitrogens with one attached hydrogen (secondary N) is 1. The molecule has 0 fully saturated rings. The average molecular weight is 440 g/mol. The van der Waals surface area contributed by atoms with Crippen LogP contribution in [0.2, 0.25) is 18.1 Å². The van der Waals surface area contributed by atoms with Crippen LogP contribution in [0, 0.1) is 13.8 Å². The second kappa shape index (κ2) is 9.73. The second-order valence-electron chi connectivity index (χ2n) is 9.58. The van der Waals surface area contributed by atoms with Gasteiger partial charge in [-0.25, -0.2) is 4.79 Å². The Morgan fingerprint density at radius 1 is 1.10 bits per heavy atom. The molecule has 168 valence electrons. The number of carbonyl (C=O) groups is 1. The summed E-state index contributed by atoms with van der Waals surface area (Å²) in [4.78, 5) is 12.5. The molecule has 0 unspecified atom stereocenters. The predicted molar refractivity (Wildman–Crippen MR) is 132 cm³/mol. The van der Waals surface area contributed by atoms with E-state index in [1.807, 2.05) is 49.4 Å². The van der Waals surface area contributed by atoms with Crippen LogP contribution in [0.1, 0.15) is 50.4 Å². The van der Waals surface area contributed by atoms with Crippen LogP contribution in [0.4, 0.5) is 5.69 Å². The number of carbonyl (C=O) groups excluding carboxylic acids is 1. The molecule has 0 radical (unpaired) electrons. The lowest BCUT2D eigenvalue weighted by Crippen LogP contribution is -2.44. The number of benzene rings is 2. The van der Waals surface area contributed by atoms with E-state index in [-0.39, 0.29) is 5.04 Å². The second-order valence-corrected chi connectivity index (χ2v) is 14.3. The summed E-state index contributed by atoms with van der Waals surface area (Å²) in [7, 11) is -2.01. The molecule has 1 N–H and O–H groups in total. The summed E-state index contributed by atoms with van der Waals surface area (Å²) in [6.07, 6.45) is 0. The smallest absolute Gasteiger partial charge is 0.335 e. The predicted octanol–water partition coefficient (Wildman–Crippen LogP) is 6.96. The molecule has 0 saturated carbocycles. The van der Waals surface area contributed by atoms with Crippen LogP contribution in [0.5, 0.6) is 5.75 Å². The van der Waals surface area contributed by atoms with E-state index in [0.29, 0.717) is 12.2 Å². The minimum Gasteiger partial charge on any atom is -0.543 e. The Kier molecular flexibility index (Phi) is 7.76. The van der Waals surface area contributed by atoms with Gasteiger partial charge >= 0.3 is 5.97 Å². The van der Waals surface area contributed by atoms with E-state index < -0.39 is 20.3 Å². The number of aryl methyl sites for hydroxylation is 2. The van der Waals surface area contributed by atoms with Crippen molar-refractivity contribution in [3.63, 3.8) is 0 Å². The van der Waals surface area contributed by atoms with E-state index >= 15 is 0 Å². The Balaban J connectivity index is 2.46. The lowest BCUT2D eigenvalue weighted by atomic mass is 9.97. The number of ether oxygens (including phenoxy) is 1. The highest BCUT2D eigenvalue weighted by Gasteiger charge is 2.39. The molecule has 1 atom stereocenters. The van der Waals surface area contributed by atoms with Crippen LogP contribution >= 0.6 is 0 Å². The monoisotopic (exact) mass is 439 g/mol. The van der Waals surface area contributed by atoms with Gasteiger partial charge in [-0.1, -0.05) is 57.2 Å². The molecular formula is C26H37NO3Si. The molecule has 0 amide bonds. The Morgan fingerprint density at radius 3 is 2.26 bits per heavy atom. The Bertz CT molecular complexity index is 927. The van der Waals surface area contributed by atoms with E-state index in [9.17, 15) is 4.79 Å². The largest absolute Gasteiger partial charge is 0.543 e. The molecule has 0 heterocycles. The Labute approximate surface area is 188 Å². The number of esters is 1. The fraction of sp³-hybridized carbons (Fsp3) is 0.423. The highest BCUT2D eigenvalue weighted by molar-refractivity contribution is 6.74. The zero-order valence-electron chi connectivity index (χ0n) is 20.3. The van der Waals surface area contributed by atoms with Gasteiger partial charge in [-0.3, -0.25) is 0 Å². The topological polar surface area (TPSA) is 47.6 Å². The zero-order chi connectivity index (χ0) is 23.4. The highest BCUT2D eigenvalue weighted by Crippen LogP contribution is 2.39. The SMILES string of the molecule is C=C(C(=O)OCC)[C@@H](Nc1ccc(C)cc1)c1ccc(C)c(O[Si](C)(C)C(C)(C)C)c1. The summed E-state index contributed by atoms with van der Waals surface area (Å²) in [6, 6.07) is 13.7. The summed E-state index contributed by atoms with van der Waals surface area (Å²) >= 11 is 0. The number of rotatable bonds is 8. The van der Waals surface area contributed by atoms with Crippen molar-refractivity contribution in [3.05, 3.63) is 71.3 Å². The van der Waals surface area contributed by atoms with Gasteiger partial charge in [0.2, 0.25) is 8.32 Å². The number of anilines is 1. The fourth-order valence-corrected chi connectivity index (χ4v) is 3.94. The van der Waals surface area contributed by atoms with Gasteiger partial charge in [0.15, 0.2) is 0 Å². The third kappa shape index (κ3) is 6.23. The van der Waals surface area contributed by atoms with Crippen molar-refractivity contribution in [2.45, 2.75) is 65.7 Å². The molecule has 2 aromatic carbocycles. The van der Waals surface area contributed by atoms with Crippen molar-refractivity contribution >= 4 is 20.0 Å². The maximum absolute atomic E-state index is 12.5. The van der Waals surface area contributed by atoms with Crippen molar-refractivity contribution in [2.24, 2.45) is 0 Å². The Morgan fingerprint density at radius 2 is 1.71 bits per heavy atom. The van der Waals surface area contributed by atoms with E-state index in [0.717, 1.165) is 22.6 Å². The molecule has 31 heavy (non-hydrogen) atoms. The molecule has 0 saturated heterocycles. The third-order valence-electron chi connectivity index (χ3n) is 5.97. The molecule has 5 heteroatoms. The van der Waals surface area contributed by atoms with Gasteiger partial charge < -0.3 is 14.5 Å². The lowest BCUT2D eigenvalue weighted by molar-refractivity contribution is -0.138. The molecule has 0 bridgehead atoms. The Hall–Kier alpha value is -2.53. The van der Waals surface area contributed by atoms with Crippen molar-refractivity contribution in [1.29, 1.82) is 0 Å². The number of hydrogen-bond acceptors (Lipinski definition) is 4.